The number of rotatable bonds is 2. The highest BCUT2D eigenvalue weighted by Crippen LogP contribution is 1.80. The van der Waals surface area contributed by atoms with E-state index in [1.807, 2.05) is 0 Å². The summed E-state index contributed by atoms with van der Waals surface area (Å²) < 4.78 is 4.56. The SMILES string of the molecule is C=C(C)OC.OCCO. The lowest BCUT2D eigenvalue weighted by Gasteiger charge is -1.88. The van der Waals surface area contributed by atoms with E-state index in [-0.39, 0.29) is 13.2 Å². The second-order valence-corrected chi connectivity index (χ2v) is 1.35. The molecule has 0 aromatic heterocycles. The van der Waals surface area contributed by atoms with Gasteiger partial charge >= 0.3 is 0 Å². The summed E-state index contributed by atoms with van der Waals surface area (Å²) in [6.07, 6.45) is 0. The van der Waals surface area contributed by atoms with Crippen LogP contribution in [0.3, 0.4) is 0 Å². The number of hydrogen-bond acceptors (Lipinski definition) is 3. The van der Waals surface area contributed by atoms with Crippen molar-refractivity contribution in [3.8, 4) is 0 Å². The molecule has 0 unspecified atom stereocenters. The van der Waals surface area contributed by atoms with Gasteiger partial charge in [-0.3, -0.25) is 0 Å². The van der Waals surface area contributed by atoms with Gasteiger partial charge < -0.3 is 14.9 Å². The van der Waals surface area contributed by atoms with Gasteiger partial charge in [-0.2, -0.15) is 0 Å². The Morgan fingerprint density at radius 2 is 1.67 bits per heavy atom. The average Bonchev–Trinajstić information content (AvgIpc) is 1.89. The summed E-state index contributed by atoms with van der Waals surface area (Å²) >= 11 is 0. The molecule has 0 rings (SSSR count). The molecular weight excluding hydrogens is 120 g/mol. The Balaban J connectivity index is 0. The van der Waals surface area contributed by atoms with Crippen LogP contribution in [0.5, 0.6) is 0 Å². The molecule has 2 N–H and O–H groups in total. The van der Waals surface area contributed by atoms with Crippen molar-refractivity contribution in [2.24, 2.45) is 0 Å². The highest BCUT2D eigenvalue weighted by Gasteiger charge is 1.65. The summed E-state index contributed by atoms with van der Waals surface area (Å²) in [7, 11) is 1.60. The number of allylic oxidation sites excluding steroid dienone is 1. The smallest absolute Gasteiger partial charge is 0.0853 e. The van der Waals surface area contributed by atoms with Crippen LogP contribution in [0.2, 0.25) is 0 Å². The second-order valence-electron chi connectivity index (χ2n) is 1.35. The molecule has 0 aliphatic carbocycles. The van der Waals surface area contributed by atoms with Gasteiger partial charge in [0.25, 0.3) is 0 Å². The molecule has 0 saturated heterocycles. The number of aliphatic hydroxyl groups is 2. The Hall–Kier alpha value is -0.540. The third-order valence-corrected chi connectivity index (χ3v) is 0.448. The largest absolute Gasteiger partial charge is 0.502 e. The van der Waals surface area contributed by atoms with Crippen LogP contribution in [-0.2, 0) is 4.74 Å². The van der Waals surface area contributed by atoms with Gasteiger partial charge in [-0.1, -0.05) is 6.58 Å². The predicted octanol–water partition coefficient (Wildman–Crippen LogP) is 0.137. The molecule has 0 aromatic rings. The van der Waals surface area contributed by atoms with Crippen LogP contribution in [0.1, 0.15) is 6.92 Å². The van der Waals surface area contributed by atoms with Crippen molar-refractivity contribution >= 4 is 0 Å². The molecule has 56 valence electrons. The maximum Gasteiger partial charge on any atom is 0.0853 e. The molecule has 0 spiro atoms. The standard InChI is InChI=1S/C4H8O.C2H6O2/c1-4(2)5-3;3-1-2-4/h1H2,2-3H3;3-4H,1-2H2. The van der Waals surface area contributed by atoms with Crippen molar-refractivity contribution in [2.45, 2.75) is 6.92 Å². The molecule has 9 heavy (non-hydrogen) atoms. The topological polar surface area (TPSA) is 49.7 Å². The Morgan fingerprint density at radius 1 is 1.44 bits per heavy atom. The first kappa shape index (κ1) is 11.3. The Morgan fingerprint density at radius 3 is 1.67 bits per heavy atom. The lowest BCUT2D eigenvalue weighted by molar-refractivity contribution is 0.186. The van der Waals surface area contributed by atoms with Crippen molar-refractivity contribution in [1.29, 1.82) is 0 Å². The van der Waals surface area contributed by atoms with E-state index >= 15 is 0 Å². The summed E-state index contributed by atoms with van der Waals surface area (Å²) in [4.78, 5) is 0. The molecule has 0 bridgehead atoms. The molecule has 0 saturated carbocycles. The summed E-state index contributed by atoms with van der Waals surface area (Å²) in [5.74, 6) is 0.755. The van der Waals surface area contributed by atoms with E-state index in [2.05, 4.69) is 11.3 Å². The fourth-order valence-corrected chi connectivity index (χ4v) is 0. The molecule has 0 heterocycles. The summed E-state index contributed by atoms with van der Waals surface area (Å²) in [6.45, 7) is 5.01. The van der Waals surface area contributed by atoms with Crippen LogP contribution in [0.4, 0.5) is 0 Å². The lowest BCUT2D eigenvalue weighted by atomic mass is 10.7. The second kappa shape index (κ2) is 10.4. The molecule has 0 radical (unpaired) electrons. The first-order valence-electron chi connectivity index (χ1n) is 2.60. The van der Waals surface area contributed by atoms with E-state index in [4.69, 9.17) is 10.2 Å². The number of hydrogen-bond donors (Lipinski definition) is 2. The van der Waals surface area contributed by atoms with E-state index in [9.17, 15) is 0 Å². The Labute approximate surface area is 55.6 Å². The fraction of sp³-hybridized carbons (Fsp3) is 0.667. The number of ether oxygens (including phenoxy) is 1. The van der Waals surface area contributed by atoms with Crippen LogP contribution >= 0.6 is 0 Å². The average molecular weight is 134 g/mol. The molecule has 0 atom stereocenters. The maximum absolute atomic E-state index is 7.62. The molecule has 3 heteroatoms. The minimum atomic E-state index is -0.125. The summed E-state index contributed by atoms with van der Waals surface area (Å²) in [5.41, 5.74) is 0. The zero-order valence-corrected chi connectivity index (χ0v) is 5.92. The van der Waals surface area contributed by atoms with Gasteiger partial charge in [0, 0.05) is 0 Å². The molecule has 0 aromatic carbocycles. The van der Waals surface area contributed by atoms with Crippen molar-refractivity contribution in [2.75, 3.05) is 20.3 Å². The quantitative estimate of drug-likeness (QED) is 0.528. The number of methoxy groups -OCH3 is 1. The first-order valence-corrected chi connectivity index (χ1v) is 2.60. The van der Waals surface area contributed by atoms with Gasteiger partial charge in [0.15, 0.2) is 0 Å². The van der Waals surface area contributed by atoms with Crippen LogP contribution in [0.15, 0.2) is 12.3 Å². The van der Waals surface area contributed by atoms with Gasteiger partial charge in [-0.15, -0.1) is 0 Å². The molecule has 0 aliphatic rings. The lowest BCUT2D eigenvalue weighted by Crippen LogP contribution is -1.85. The van der Waals surface area contributed by atoms with Crippen molar-refractivity contribution in [3.63, 3.8) is 0 Å². The Kier molecular flexibility index (Phi) is 13.1. The van der Waals surface area contributed by atoms with Gasteiger partial charge in [0.2, 0.25) is 0 Å². The van der Waals surface area contributed by atoms with Crippen LogP contribution in [0.25, 0.3) is 0 Å². The van der Waals surface area contributed by atoms with E-state index in [0.717, 1.165) is 5.76 Å². The number of aliphatic hydroxyl groups excluding tert-OH is 2. The van der Waals surface area contributed by atoms with E-state index in [1.165, 1.54) is 0 Å². The van der Waals surface area contributed by atoms with Crippen molar-refractivity contribution in [3.05, 3.63) is 12.3 Å². The first-order chi connectivity index (χ1) is 4.18. The van der Waals surface area contributed by atoms with Crippen LogP contribution in [-0.4, -0.2) is 30.5 Å². The highest BCUT2D eigenvalue weighted by molar-refractivity contribution is 4.71. The van der Waals surface area contributed by atoms with Gasteiger partial charge in [0.05, 0.1) is 26.1 Å². The molecule has 0 aliphatic heterocycles. The molecular formula is C6H14O3. The summed E-state index contributed by atoms with van der Waals surface area (Å²) in [5, 5.41) is 15.2. The van der Waals surface area contributed by atoms with E-state index in [0.29, 0.717) is 0 Å². The molecule has 0 amide bonds. The van der Waals surface area contributed by atoms with Crippen LogP contribution in [0, 0.1) is 0 Å². The zero-order valence-electron chi connectivity index (χ0n) is 5.92. The third-order valence-electron chi connectivity index (χ3n) is 0.448. The third kappa shape index (κ3) is 36.7. The van der Waals surface area contributed by atoms with E-state index < -0.39 is 0 Å². The van der Waals surface area contributed by atoms with Gasteiger partial charge in [0.1, 0.15) is 0 Å². The minimum Gasteiger partial charge on any atom is -0.502 e. The zero-order chi connectivity index (χ0) is 7.70. The van der Waals surface area contributed by atoms with Crippen LogP contribution < -0.4 is 0 Å². The van der Waals surface area contributed by atoms with Crippen molar-refractivity contribution < 1.29 is 14.9 Å². The normalized spacial score (nSPS) is 7.11. The van der Waals surface area contributed by atoms with Crippen molar-refractivity contribution in [1.82, 2.24) is 0 Å². The highest BCUT2D eigenvalue weighted by atomic mass is 16.5. The molecule has 0 fully saturated rings. The van der Waals surface area contributed by atoms with Gasteiger partial charge in [-0.05, 0) is 6.92 Å². The molecule has 3 nitrogen and oxygen atoms in total. The summed E-state index contributed by atoms with van der Waals surface area (Å²) in [6, 6.07) is 0. The Bertz CT molecular complexity index is 59.3. The van der Waals surface area contributed by atoms with Gasteiger partial charge in [-0.25, -0.2) is 0 Å². The monoisotopic (exact) mass is 134 g/mol. The maximum atomic E-state index is 7.62. The van der Waals surface area contributed by atoms with E-state index in [1.54, 1.807) is 14.0 Å². The predicted molar refractivity (Wildman–Crippen MR) is 36.0 cm³/mol. The fourth-order valence-electron chi connectivity index (χ4n) is 0. The minimum absolute atomic E-state index is 0.125.